The molecule has 1 amide bonds. The summed E-state index contributed by atoms with van der Waals surface area (Å²) in [6, 6.07) is 11.2. The van der Waals surface area contributed by atoms with Crippen LogP contribution in [0.1, 0.15) is 37.8 Å². The molecular formula is C26H35F6N5O3. The van der Waals surface area contributed by atoms with E-state index < -0.39 is 36.3 Å². The second-order valence-electron chi connectivity index (χ2n) is 7.96. The minimum atomic E-state index is -4.84. The SMILES string of the molecule is CCC.CNCc1cccc(N(N)/C(=C\CC(F)(F)F)C(=O)NCc2ccc(OC(F)(F)F)cc2)c1.NCC=O. The molecule has 0 bridgehead atoms. The number of anilines is 1. The zero-order chi connectivity index (χ0) is 30.8. The summed E-state index contributed by atoms with van der Waals surface area (Å²) in [5, 5.41) is 6.20. The number of aldehydes is 1. The van der Waals surface area contributed by atoms with Crippen molar-refractivity contribution < 1.29 is 40.7 Å². The van der Waals surface area contributed by atoms with Crippen LogP contribution in [-0.4, -0.2) is 38.3 Å². The molecule has 0 spiro atoms. The largest absolute Gasteiger partial charge is 0.573 e. The molecule has 40 heavy (non-hydrogen) atoms. The van der Waals surface area contributed by atoms with Gasteiger partial charge in [-0.1, -0.05) is 44.5 Å². The Labute approximate surface area is 229 Å². The summed E-state index contributed by atoms with van der Waals surface area (Å²) >= 11 is 0. The number of ether oxygens (including phenoxy) is 1. The fraction of sp³-hybridized carbons (Fsp3) is 0.385. The van der Waals surface area contributed by atoms with Gasteiger partial charge in [-0.2, -0.15) is 13.2 Å². The van der Waals surface area contributed by atoms with Gasteiger partial charge in [0.15, 0.2) is 0 Å². The fourth-order valence-corrected chi connectivity index (χ4v) is 2.75. The summed E-state index contributed by atoms with van der Waals surface area (Å²) in [5.74, 6) is 4.64. The first-order chi connectivity index (χ1) is 18.7. The second kappa shape index (κ2) is 18.6. The van der Waals surface area contributed by atoms with Crippen LogP contribution in [0.4, 0.5) is 32.0 Å². The van der Waals surface area contributed by atoms with Gasteiger partial charge in [0.1, 0.15) is 17.7 Å². The first-order valence-corrected chi connectivity index (χ1v) is 12.0. The Bertz CT molecular complexity index is 1040. The minimum absolute atomic E-state index is 0.139. The van der Waals surface area contributed by atoms with Crippen LogP contribution in [0.25, 0.3) is 0 Å². The van der Waals surface area contributed by atoms with Crippen molar-refractivity contribution >= 4 is 17.9 Å². The molecule has 14 heteroatoms. The third kappa shape index (κ3) is 16.4. The smallest absolute Gasteiger partial charge is 0.406 e. The number of amides is 1. The van der Waals surface area contributed by atoms with E-state index in [0.29, 0.717) is 30.2 Å². The number of nitrogens with one attached hydrogen (secondary N) is 2. The lowest BCUT2D eigenvalue weighted by Gasteiger charge is -2.22. The van der Waals surface area contributed by atoms with Crippen molar-refractivity contribution in [1.82, 2.24) is 10.6 Å². The number of nitrogens with zero attached hydrogens (tertiary/aromatic N) is 1. The summed E-state index contributed by atoms with van der Waals surface area (Å²) < 4.78 is 78.8. The molecular weight excluding hydrogens is 544 g/mol. The molecule has 0 fully saturated rings. The predicted octanol–water partition coefficient (Wildman–Crippen LogP) is 4.70. The van der Waals surface area contributed by atoms with Gasteiger partial charge in [-0.25, -0.2) is 5.84 Å². The van der Waals surface area contributed by atoms with Crippen molar-refractivity contribution in [3.8, 4) is 5.75 Å². The monoisotopic (exact) mass is 579 g/mol. The van der Waals surface area contributed by atoms with Crippen molar-refractivity contribution in [3.63, 3.8) is 0 Å². The fourth-order valence-electron chi connectivity index (χ4n) is 2.75. The number of benzene rings is 2. The van der Waals surface area contributed by atoms with E-state index in [1.54, 1.807) is 25.2 Å². The molecule has 2 rings (SSSR count). The standard InChI is InChI=1S/C21H22F6N4O2.C3H8.C2H5NO/c1-29-12-15-3-2-4-16(11-15)31(28)18(9-10-20(22,23)24)19(32)30-13-14-5-7-17(8-6-14)33-21(25,26)27;1-3-2;3-1-2-4/h2-9,11,29H,10,12-13,28H2,1H3,(H,30,32);3H2,1-2H3;2H,1,3H2/b18-9-;;. The number of nitrogens with two attached hydrogens (primary N) is 2. The van der Waals surface area contributed by atoms with Crippen LogP contribution in [0.3, 0.4) is 0 Å². The van der Waals surface area contributed by atoms with Crippen LogP contribution in [0.15, 0.2) is 60.3 Å². The van der Waals surface area contributed by atoms with Gasteiger partial charge in [-0.15, -0.1) is 13.2 Å². The first-order valence-electron chi connectivity index (χ1n) is 12.0. The third-order valence-electron chi connectivity index (χ3n) is 4.29. The topological polar surface area (TPSA) is 123 Å². The highest BCUT2D eigenvalue weighted by atomic mass is 19.4. The molecule has 0 aliphatic rings. The Balaban J connectivity index is 0.00000195. The van der Waals surface area contributed by atoms with Gasteiger partial charge < -0.3 is 25.9 Å². The van der Waals surface area contributed by atoms with Gasteiger partial charge >= 0.3 is 12.5 Å². The van der Waals surface area contributed by atoms with Gasteiger partial charge in [0, 0.05) is 19.6 Å². The summed E-state index contributed by atoms with van der Waals surface area (Å²) in [6.45, 7) is 4.70. The summed E-state index contributed by atoms with van der Waals surface area (Å²) in [7, 11) is 1.72. The predicted molar refractivity (Wildman–Crippen MR) is 141 cm³/mol. The van der Waals surface area contributed by atoms with E-state index in [-0.39, 0.29) is 13.1 Å². The lowest BCUT2D eigenvalue weighted by atomic mass is 10.1. The average molecular weight is 580 g/mol. The lowest BCUT2D eigenvalue weighted by molar-refractivity contribution is -0.274. The van der Waals surface area contributed by atoms with E-state index in [1.807, 2.05) is 0 Å². The molecule has 2 aromatic rings. The molecule has 224 valence electrons. The maximum absolute atomic E-state index is 12.8. The molecule has 6 N–H and O–H groups in total. The van der Waals surface area contributed by atoms with Crippen molar-refractivity contribution in [2.45, 2.75) is 52.3 Å². The quantitative estimate of drug-likeness (QED) is 0.106. The number of halogens is 6. The Morgan fingerprint density at radius 2 is 1.57 bits per heavy atom. The number of carbonyl (C=O) groups is 2. The Hall–Kier alpha value is -3.62. The normalized spacial score (nSPS) is 11.3. The summed E-state index contributed by atoms with van der Waals surface area (Å²) in [4.78, 5) is 21.7. The van der Waals surface area contributed by atoms with E-state index in [9.17, 15) is 31.1 Å². The van der Waals surface area contributed by atoms with E-state index in [2.05, 4.69) is 35.0 Å². The minimum Gasteiger partial charge on any atom is -0.406 e. The third-order valence-corrected chi connectivity index (χ3v) is 4.29. The van der Waals surface area contributed by atoms with Crippen LogP contribution in [0, 0.1) is 0 Å². The number of hydrogen-bond acceptors (Lipinski definition) is 7. The number of rotatable bonds is 10. The molecule has 0 radical (unpaired) electrons. The van der Waals surface area contributed by atoms with Crippen LogP contribution in [0.5, 0.6) is 5.75 Å². The Morgan fingerprint density at radius 1 is 1.00 bits per heavy atom. The first kappa shape index (κ1) is 36.4. The molecule has 0 aliphatic heterocycles. The van der Waals surface area contributed by atoms with Gasteiger partial charge in [-0.3, -0.25) is 9.80 Å². The highest BCUT2D eigenvalue weighted by Crippen LogP contribution is 2.25. The zero-order valence-electron chi connectivity index (χ0n) is 22.4. The highest BCUT2D eigenvalue weighted by molar-refractivity contribution is 5.96. The van der Waals surface area contributed by atoms with Crippen LogP contribution in [0.2, 0.25) is 0 Å². The van der Waals surface area contributed by atoms with Gasteiger partial charge in [0.05, 0.1) is 12.1 Å². The molecule has 0 unspecified atom stereocenters. The molecule has 8 nitrogen and oxygen atoms in total. The van der Waals surface area contributed by atoms with Crippen LogP contribution in [-0.2, 0) is 22.7 Å². The van der Waals surface area contributed by atoms with E-state index >= 15 is 0 Å². The van der Waals surface area contributed by atoms with Gasteiger partial charge in [0.25, 0.3) is 5.91 Å². The van der Waals surface area contributed by atoms with Gasteiger partial charge in [-0.05, 0) is 48.5 Å². The van der Waals surface area contributed by atoms with Crippen molar-refractivity contribution in [1.29, 1.82) is 0 Å². The number of carbonyl (C=O) groups excluding carboxylic acids is 2. The van der Waals surface area contributed by atoms with Crippen molar-refractivity contribution in [2.75, 3.05) is 18.6 Å². The summed E-state index contributed by atoms with van der Waals surface area (Å²) in [5.41, 5.74) is 5.70. The molecule has 0 atom stereocenters. The second-order valence-corrected chi connectivity index (χ2v) is 7.96. The van der Waals surface area contributed by atoms with Crippen molar-refractivity contribution in [3.05, 3.63) is 71.4 Å². The molecule has 0 saturated heterocycles. The Morgan fingerprint density at radius 3 is 2.05 bits per heavy atom. The number of hydrogen-bond donors (Lipinski definition) is 4. The lowest BCUT2D eigenvalue weighted by Crippen LogP contribution is -2.39. The van der Waals surface area contributed by atoms with Crippen LogP contribution < -0.4 is 32.0 Å². The maximum atomic E-state index is 12.8. The molecule has 0 aliphatic carbocycles. The number of allylic oxidation sites excluding steroid dienone is 1. The number of hydrazine groups is 1. The molecule has 0 saturated carbocycles. The highest BCUT2D eigenvalue weighted by Gasteiger charge is 2.31. The van der Waals surface area contributed by atoms with Crippen LogP contribution >= 0.6 is 0 Å². The van der Waals surface area contributed by atoms with E-state index in [1.165, 1.54) is 24.6 Å². The molecule has 2 aromatic carbocycles. The Kier molecular flexibility index (Phi) is 16.9. The number of alkyl halides is 6. The zero-order valence-corrected chi connectivity index (χ0v) is 22.4. The molecule has 0 heterocycles. The summed E-state index contributed by atoms with van der Waals surface area (Å²) in [6.07, 6.45) is -8.22. The average Bonchev–Trinajstić information content (AvgIpc) is 2.87. The van der Waals surface area contributed by atoms with E-state index in [0.717, 1.165) is 22.7 Å². The molecule has 0 aromatic heterocycles. The maximum Gasteiger partial charge on any atom is 0.573 e. The van der Waals surface area contributed by atoms with Gasteiger partial charge in [0.2, 0.25) is 0 Å². The van der Waals surface area contributed by atoms with Crippen molar-refractivity contribution in [2.24, 2.45) is 11.6 Å². The van der Waals surface area contributed by atoms with E-state index in [4.69, 9.17) is 10.6 Å².